The molecule has 0 aliphatic rings. The Kier molecular flexibility index (Phi) is 6.65. The second kappa shape index (κ2) is 8.00. The lowest BCUT2D eigenvalue weighted by molar-refractivity contribution is 0.453. The van der Waals surface area contributed by atoms with Gasteiger partial charge in [0.15, 0.2) is 0 Å². The molecule has 1 aromatic rings. The van der Waals surface area contributed by atoms with E-state index in [1.165, 1.54) is 0 Å². The molecule has 7 heteroatoms. The zero-order valence-electron chi connectivity index (χ0n) is 10.1. The average molecular weight is 318 g/mol. The van der Waals surface area contributed by atoms with Crippen LogP contribution in [0.3, 0.4) is 0 Å². The van der Waals surface area contributed by atoms with Crippen molar-refractivity contribution in [1.29, 1.82) is 5.26 Å². The van der Waals surface area contributed by atoms with Gasteiger partial charge in [-0.2, -0.15) is 10.3 Å². The lowest BCUT2D eigenvalue weighted by Crippen LogP contribution is -2.28. The summed E-state index contributed by atoms with van der Waals surface area (Å²) in [6.45, 7) is 2.71. The highest BCUT2D eigenvalue weighted by molar-refractivity contribution is 6.55. The van der Waals surface area contributed by atoms with E-state index in [0.717, 1.165) is 5.56 Å². The van der Waals surface area contributed by atoms with Gasteiger partial charge in [0.2, 0.25) is 6.19 Å². The Morgan fingerprint density at radius 2 is 2.26 bits per heavy atom. The van der Waals surface area contributed by atoms with Crippen LogP contribution in [0.15, 0.2) is 33.9 Å². The molecule has 0 radical (unpaired) electrons. The van der Waals surface area contributed by atoms with Gasteiger partial charge in [-0.25, -0.2) is 4.98 Å². The molecule has 0 amide bonds. The quantitative estimate of drug-likeness (QED) is 0.368. The van der Waals surface area contributed by atoms with E-state index in [4.69, 9.17) is 40.1 Å². The number of nitrogens with zero attached hydrogens (tertiary/aromatic N) is 4. The van der Waals surface area contributed by atoms with Gasteiger partial charge < -0.3 is 4.90 Å². The minimum atomic E-state index is 0.170. The fourth-order valence-electron chi connectivity index (χ4n) is 1.35. The van der Waals surface area contributed by atoms with E-state index in [1.54, 1.807) is 31.5 Å². The van der Waals surface area contributed by atoms with Crippen molar-refractivity contribution in [3.63, 3.8) is 0 Å². The number of hydrogen-bond donors (Lipinski definition) is 0. The minimum Gasteiger partial charge on any atom is -0.351 e. The number of aliphatic imine (C=N–C) groups is 1. The zero-order valence-corrected chi connectivity index (χ0v) is 12.4. The van der Waals surface area contributed by atoms with E-state index in [-0.39, 0.29) is 4.49 Å². The summed E-state index contributed by atoms with van der Waals surface area (Å²) in [4.78, 5) is 9.55. The standard InChI is InChI=1S/C12H11Cl3N4/c1-9(18-8-16)19(5-4-11(13)14)7-10-2-3-12(15)17-6-10/h2-4,6H,5,7H2,1H3. The number of hydrogen-bond acceptors (Lipinski definition) is 3. The summed E-state index contributed by atoms with van der Waals surface area (Å²) in [6.07, 6.45) is 5.05. The molecule has 0 aromatic carbocycles. The van der Waals surface area contributed by atoms with Gasteiger partial charge in [-0.05, 0) is 24.6 Å². The van der Waals surface area contributed by atoms with Crippen LogP contribution >= 0.6 is 34.8 Å². The normalized spacial score (nSPS) is 10.8. The van der Waals surface area contributed by atoms with E-state index in [1.807, 2.05) is 11.0 Å². The number of pyridine rings is 1. The van der Waals surface area contributed by atoms with Crippen LogP contribution in [0, 0.1) is 11.5 Å². The first kappa shape index (κ1) is 15.8. The molecule has 4 nitrogen and oxygen atoms in total. The molecule has 0 unspecified atom stereocenters. The fourth-order valence-corrected chi connectivity index (χ4v) is 1.60. The van der Waals surface area contributed by atoms with Crippen molar-refractivity contribution in [3.8, 4) is 6.19 Å². The molecular weight excluding hydrogens is 307 g/mol. The molecule has 1 aromatic heterocycles. The third-order valence-corrected chi connectivity index (χ3v) is 2.83. The summed E-state index contributed by atoms with van der Waals surface area (Å²) in [5.41, 5.74) is 0.941. The Labute approximate surface area is 126 Å². The van der Waals surface area contributed by atoms with Crippen molar-refractivity contribution in [2.75, 3.05) is 6.54 Å². The lowest BCUT2D eigenvalue weighted by Gasteiger charge is -2.21. The van der Waals surface area contributed by atoms with E-state index < -0.39 is 0 Å². The molecule has 100 valence electrons. The average Bonchev–Trinajstić information content (AvgIpc) is 2.36. The molecule has 19 heavy (non-hydrogen) atoms. The largest absolute Gasteiger partial charge is 0.351 e. The second-order valence-corrected chi connectivity index (χ2v) is 5.02. The molecule has 0 spiro atoms. The summed E-state index contributed by atoms with van der Waals surface area (Å²) in [5, 5.41) is 9.04. The molecule has 0 fully saturated rings. The van der Waals surface area contributed by atoms with E-state index in [0.29, 0.717) is 24.1 Å². The van der Waals surface area contributed by atoms with Crippen LogP contribution in [-0.4, -0.2) is 22.3 Å². The van der Waals surface area contributed by atoms with Crippen molar-refractivity contribution in [2.24, 2.45) is 4.99 Å². The van der Waals surface area contributed by atoms with Crippen molar-refractivity contribution in [2.45, 2.75) is 13.5 Å². The maximum absolute atomic E-state index is 8.60. The number of nitriles is 1. The van der Waals surface area contributed by atoms with Crippen molar-refractivity contribution in [3.05, 3.63) is 39.6 Å². The van der Waals surface area contributed by atoms with E-state index >= 15 is 0 Å². The van der Waals surface area contributed by atoms with Crippen LogP contribution in [0.5, 0.6) is 0 Å². The van der Waals surface area contributed by atoms with Gasteiger partial charge in [-0.3, -0.25) is 0 Å². The minimum absolute atomic E-state index is 0.170. The van der Waals surface area contributed by atoms with Crippen LogP contribution in [0.2, 0.25) is 5.15 Å². The predicted molar refractivity (Wildman–Crippen MR) is 78.2 cm³/mol. The number of amidine groups is 1. The van der Waals surface area contributed by atoms with Crippen molar-refractivity contribution < 1.29 is 0 Å². The van der Waals surface area contributed by atoms with Crippen LogP contribution in [0.25, 0.3) is 0 Å². The Morgan fingerprint density at radius 1 is 1.53 bits per heavy atom. The molecule has 1 rings (SSSR count). The molecule has 0 aliphatic heterocycles. The summed E-state index contributed by atoms with van der Waals surface area (Å²) >= 11 is 16.9. The molecule has 0 saturated carbocycles. The fraction of sp³-hybridized carbons (Fsp3) is 0.250. The van der Waals surface area contributed by atoms with E-state index in [2.05, 4.69) is 9.98 Å². The first-order chi connectivity index (χ1) is 9.02. The number of halogens is 3. The molecule has 0 atom stereocenters. The van der Waals surface area contributed by atoms with Crippen LogP contribution in [0.4, 0.5) is 0 Å². The van der Waals surface area contributed by atoms with Gasteiger partial charge >= 0.3 is 0 Å². The van der Waals surface area contributed by atoms with E-state index in [9.17, 15) is 0 Å². The van der Waals surface area contributed by atoms with Crippen LogP contribution in [0.1, 0.15) is 12.5 Å². The summed E-state index contributed by atoms with van der Waals surface area (Å²) in [5.74, 6) is 0.572. The second-order valence-electron chi connectivity index (χ2n) is 3.62. The number of rotatable bonds is 4. The Balaban J connectivity index is 2.85. The smallest absolute Gasteiger partial charge is 0.207 e. The molecule has 0 bridgehead atoms. The first-order valence-corrected chi connectivity index (χ1v) is 6.46. The summed E-state index contributed by atoms with van der Waals surface area (Å²) in [6, 6.07) is 3.56. The van der Waals surface area contributed by atoms with Gasteiger partial charge in [0.25, 0.3) is 0 Å². The van der Waals surface area contributed by atoms with Gasteiger partial charge in [-0.15, -0.1) is 0 Å². The summed E-state index contributed by atoms with van der Waals surface area (Å²) in [7, 11) is 0. The molecule has 0 aliphatic carbocycles. The third kappa shape index (κ3) is 5.93. The number of aromatic nitrogens is 1. The van der Waals surface area contributed by atoms with Gasteiger partial charge in [-0.1, -0.05) is 40.9 Å². The Morgan fingerprint density at radius 3 is 2.79 bits per heavy atom. The van der Waals surface area contributed by atoms with Crippen LogP contribution < -0.4 is 0 Å². The maximum Gasteiger partial charge on any atom is 0.207 e. The molecule has 0 saturated heterocycles. The van der Waals surface area contributed by atoms with Crippen molar-refractivity contribution >= 4 is 40.6 Å². The zero-order chi connectivity index (χ0) is 14.3. The SMILES string of the molecule is CC(=NC#N)N(CC=C(Cl)Cl)Cc1ccc(Cl)nc1. The third-order valence-electron chi connectivity index (χ3n) is 2.30. The first-order valence-electron chi connectivity index (χ1n) is 5.33. The molecular formula is C12H11Cl3N4. The maximum atomic E-state index is 8.60. The monoisotopic (exact) mass is 316 g/mol. The van der Waals surface area contributed by atoms with Crippen LogP contribution in [-0.2, 0) is 6.54 Å². The lowest BCUT2D eigenvalue weighted by atomic mass is 10.2. The predicted octanol–water partition coefficient (Wildman–Crippen LogP) is 3.76. The highest BCUT2D eigenvalue weighted by Gasteiger charge is 2.07. The molecule has 0 N–H and O–H groups in total. The highest BCUT2D eigenvalue weighted by Crippen LogP contribution is 2.11. The topological polar surface area (TPSA) is 52.3 Å². The molecule has 1 heterocycles. The van der Waals surface area contributed by atoms with Gasteiger partial charge in [0, 0.05) is 19.3 Å². The Bertz CT molecular complexity index is 513. The van der Waals surface area contributed by atoms with Gasteiger partial charge in [0.05, 0.1) is 0 Å². The van der Waals surface area contributed by atoms with Gasteiger partial charge in [0.1, 0.15) is 15.5 Å². The van der Waals surface area contributed by atoms with Crippen molar-refractivity contribution in [1.82, 2.24) is 9.88 Å². The highest BCUT2D eigenvalue weighted by atomic mass is 35.5. The Hall–Kier alpha value is -1.28. The summed E-state index contributed by atoms with van der Waals surface area (Å²) < 4.78 is 0.170.